The summed E-state index contributed by atoms with van der Waals surface area (Å²) in [6.07, 6.45) is -4.49. The Morgan fingerprint density at radius 2 is 1.81 bits per heavy atom. The fourth-order valence-electron chi connectivity index (χ4n) is 3.03. The van der Waals surface area contributed by atoms with Crippen molar-refractivity contribution in [3.63, 3.8) is 0 Å². The highest BCUT2D eigenvalue weighted by Gasteiger charge is 2.36. The lowest BCUT2D eigenvalue weighted by Gasteiger charge is -2.11. The molecule has 4 rings (SSSR count). The number of benzene rings is 1. The molecular formula is C19H14F3N3S. The monoisotopic (exact) mass is 373 g/mol. The lowest BCUT2D eigenvalue weighted by Crippen LogP contribution is -2.08. The standard InChI is InChI=1S/C19H14F3N3S/c1-11-6-3-4-7-15(11)25-18-17(12(2)24-25)13(19(20,21)22)10-14(23-18)16-8-5-9-26-16/h3-10H,1-2H3. The third kappa shape index (κ3) is 2.68. The summed E-state index contributed by atoms with van der Waals surface area (Å²) in [5.74, 6) is 0. The third-order valence-electron chi connectivity index (χ3n) is 4.24. The number of rotatable bonds is 2. The average Bonchev–Trinajstić information content (AvgIpc) is 3.22. The van der Waals surface area contributed by atoms with Crippen molar-refractivity contribution in [1.29, 1.82) is 0 Å². The normalized spacial score (nSPS) is 12.0. The zero-order valence-corrected chi connectivity index (χ0v) is 14.8. The van der Waals surface area contributed by atoms with Crippen molar-refractivity contribution in [3.8, 4) is 16.3 Å². The minimum atomic E-state index is -4.49. The van der Waals surface area contributed by atoms with Gasteiger partial charge in [-0.1, -0.05) is 24.3 Å². The van der Waals surface area contributed by atoms with Crippen molar-refractivity contribution < 1.29 is 13.2 Å². The highest BCUT2D eigenvalue weighted by Crippen LogP contribution is 2.39. The summed E-state index contributed by atoms with van der Waals surface area (Å²) < 4.78 is 42.8. The van der Waals surface area contributed by atoms with E-state index in [4.69, 9.17) is 0 Å². The van der Waals surface area contributed by atoms with Gasteiger partial charge in [0.15, 0.2) is 5.65 Å². The van der Waals surface area contributed by atoms with Gasteiger partial charge >= 0.3 is 6.18 Å². The SMILES string of the molecule is Cc1ccccc1-n1nc(C)c2c(C(F)(F)F)cc(-c3cccs3)nc21. The molecule has 1 aromatic carbocycles. The predicted molar refractivity (Wildman–Crippen MR) is 96.7 cm³/mol. The van der Waals surface area contributed by atoms with Crippen LogP contribution in [0.5, 0.6) is 0 Å². The molecule has 0 fully saturated rings. The Kier molecular flexibility index (Phi) is 3.84. The van der Waals surface area contributed by atoms with Crippen LogP contribution >= 0.6 is 11.3 Å². The molecular weight excluding hydrogens is 359 g/mol. The summed E-state index contributed by atoms with van der Waals surface area (Å²) in [7, 11) is 0. The van der Waals surface area contributed by atoms with E-state index in [-0.39, 0.29) is 11.0 Å². The first kappa shape index (κ1) is 16.8. The maximum absolute atomic E-state index is 13.7. The molecule has 7 heteroatoms. The first-order valence-electron chi connectivity index (χ1n) is 7.93. The molecule has 0 radical (unpaired) electrons. The molecule has 3 heterocycles. The molecule has 0 spiro atoms. The number of nitrogens with zero attached hydrogens (tertiary/aromatic N) is 3. The zero-order valence-electron chi connectivity index (χ0n) is 14.0. The van der Waals surface area contributed by atoms with Crippen molar-refractivity contribution in [2.24, 2.45) is 0 Å². The third-order valence-corrected chi connectivity index (χ3v) is 5.13. The van der Waals surface area contributed by atoms with E-state index in [1.807, 2.05) is 36.6 Å². The molecule has 3 nitrogen and oxygen atoms in total. The van der Waals surface area contributed by atoms with E-state index in [2.05, 4.69) is 10.1 Å². The molecule has 0 saturated carbocycles. The van der Waals surface area contributed by atoms with E-state index >= 15 is 0 Å². The Balaban J connectivity index is 2.11. The lowest BCUT2D eigenvalue weighted by atomic mass is 10.1. The molecule has 0 unspecified atom stereocenters. The van der Waals surface area contributed by atoms with Crippen LogP contribution in [0, 0.1) is 13.8 Å². The Morgan fingerprint density at radius 1 is 1.04 bits per heavy atom. The number of para-hydroxylation sites is 1. The number of thiophene rings is 1. The Hall–Kier alpha value is -2.67. The number of fused-ring (bicyclic) bond motifs is 1. The molecule has 4 aromatic rings. The number of hydrogen-bond acceptors (Lipinski definition) is 3. The van der Waals surface area contributed by atoms with Crippen LogP contribution < -0.4 is 0 Å². The minimum Gasteiger partial charge on any atom is -0.227 e. The quantitative estimate of drug-likeness (QED) is 0.446. The van der Waals surface area contributed by atoms with Gasteiger partial charge in [-0.15, -0.1) is 11.3 Å². The summed E-state index contributed by atoms with van der Waals surface area (Å²) in [5.41, 5.74) is 1.75. The smallest absolute Gasteiger partial charge is 0.227 e. The van der Waals surface area contributed by atoms with Crippen molar-refractivity contribution >= 4 is 22.4 Å². The first-order chi connectivity index (χ1) is 12.4. The van der Waals surface area contributed by atoms with E-state index in [0.717, 1.165) is 17.3 Å². The van der Waals surface area contributed by atoms with Crippen LogP contribution in [-0.2, 0) is 6.18 Å². The van der Waals surface area contributed by atoms with Crippen LogP contribution in [0.4, 0.5) is 13.2 Å². The van der Waals surface area contributed by atoms with Gasteiger partial charge in [-0.3, -0.25) is 0 Å². The van der Waals surface area contributed by atoms with E-state index in [0.29, 0.717) is 16.3 Å². The summed E-state index contributed by atoms with van der Waals surface area (Å²) in [6, 6.07) is 12.1. The van der Waals surface area contributed by atoms with Gasteiger partial charge in [0.05, 0.1) is 32.9 Å². The van der Waals surface area contributed by atoms with Gasteiger partial charge in [0.2, 0.25) is 0 Å². The molecule has 132 valence electrons. The van der Waals surface area contributed by atoms with Gasteiger partial charge in [0.25, 0.3) is 0 Å². The van der Waals surface area contributed by atoms with Crippen LogP contribution in [0.2, 0.25) is 0 Å². The molecule has 0 aliphatic rings. The van der Waals surface area contributed by atoms with Gasteiger partial charge < -0.3 is 0 Å². The van der Waals surface area contributed by atoms with E-state index in [1.165, 1.54) is 16.0 Å². The molecule has 0 N–H and O–H groups in total. The second kappa shape index (κ2) is 5.95. The summed E-state index contributed by atoms with van der Waals surface area (Å²) >= 11 is 1.36. The van der Waals surface area contributed by atoms with Crippen LogP contribution in [-0.4, -0.2) is 14.8 Å². The van der Waals surface area contributed by atoms with Crippen molar-refractivity contribution in [1.82, 2.24) is 14.8 Å². The van der Waals surface area contributed by atoms with Gasteiger partial charge in [-0.05, 0) is 43.0 Å². The minimum absolute atomic E-state index is 0.0426. The molecule has 26 heavy (non-hydrogen) atoms. The van der Waals surface area contributed by atoms with E-state index in [1.54, 1.807) is 19.1 Å². The topological polar surface area (TPSA) is 30.7 Å². The second-order valence-electron chi connectivity index (χ2n) is 6.01. The molecule has 0 bridgehead atoms. The number of aryl methyl sites for hydroxylation is 2. The van der Waals surface area contributed by atoms with Gasteiger partial charge in [-0.2, -0.15) is 18.3 Å². The highest BCUT2D eigenvalue weighted by atomic mass is 32.1. The maximum Gasteiger partial charge on any atom is 0.417 e. The number of halogens is 3. The molecule has 0 amide bonds. The van der Waals surface area contributed by atoms with Crippen LogP contribution in [0.15, 0.2) is 47.8 Å². The molecule has 0 aliphatic carbocycles. The second-order valence-corrected chi connectivity index (χ2v) is 6.96. The number of pyridine rings is 1. The van der Waals surface area contributed by atoms with Crippen molar-refractivity contribution in [2.75, 3.05) is 0 Å². The Bertz CT molecular complexity index is 1100. The fraction of sp³-hybridized carbons (Fsp3) is 0.158. The maximum atomic E-state index is 13.7. The van der Waals surface area contributed by atoms with Crippen LogP contribution in [0.1, 0.15) is 16.8 Å². The van der Waals surface area contributed by atoms with Crippen LogP contribution in [0.3, 0.4) is 0 Å². The number of aromatic nitrogens is 3. The average molecular weight is 373 g/mol. The van der Waals surface area contributed by atoms with Crippen molar-refractivity contribution in [2.45, 2.75) is 20.0 Å². The summed E-state index contributed by atoms with van der Waals surface area (Å²) in [6.45, 7) is 3.48. The molecule has 0 saturated heterocycles. The predicted octanol–water partition coefficient (Wildman–Crippen LogP) is 5.78. The lowest BCUT2D eigenvalue weighted by molar-refractivity contribution is -0.136. The number of alkyl halides is 3. The van der Waals surface area contributed by atoms with Gasteiger partial charge in [0, 0.05) is 0 Å². The van der Waals surface area contributed by atoms with Crippen LogP contribution in [0.25, 0.3) is 27.3 Å². The van der Waals surface area contributed by atoms with Gasteiger partial charge in [0.1, 0.15) is 0 Å². The fourth-order valence-corrected chi connectivity index (χ4v) is 3.72. The van der Waals surface area contributed by atoms with E-state index in [9.17, 15) is 13.2 Å². The highest BCUT2D eigenvalue weighted by molar-refractivity contribution is 7.13. The van der Waals surface area contributed by atoms with Crippen molar-refractivity contribution in [3.05, 3.63) is 64.7 Å². The summed E-state index contributed by atoms with van der Waals surface area (Å²) in [4.78, 5) is 5.23. The van der Waals surface area contributed by atoms with Gasteiger partial charge in [-0.25, -0.2) is 9.67 Å². The zero-order chi connectivity index (χ0) is 18.5. The molecule has 3 aromatic heterocycles. The summed E-state index contributed by atoms with van der Waals surface area (Å²) in [5, 5.41) is 6.24. The number of hydrogen-bond donors (Lipinski definition) is 0. The van der Waals surface area contributed by atoms with E-state index < -0.39 is 11.7 Å². The molecule has 0 aliphatic heterocycles. The Labute approximate surface area is 151 Å². The largest absolute Gasteiger partial charge is 0.417 e. The first-order valence-corrected chi connectivity index (χ1v) is 8.81. The Morgan fingerprint density at radius 3 is 2.46 bits per heavy atom. The molecule has 0 atom stereocenters.